The monoisotopic (exact) mass is 342 g/mol. The minimum absolute atomic E-state index is 0.386. The van der Waals surface area contributed by atoms with Crippen LogP contribution in [0.5, 0.6) is 17.2 Å². The summed E-state index contributed by atoms with van der Waals surface area (Å²) < 4.78 is 17.3. The first-order valence-corrected chi connectivity index (χ1v) is 8.69. The fourth-order valence-corrected chi connectivity index (χ4v) is 3.75. The Hall–Kier alpha value is -2.20. The van der Waals surface area contributed by atoms with Crippen LogP contribution in [-0.4, -0.2) is 46.5 Å². The number of benzene rings is 2. The molecule has 0 N–H and O–H groups in total. The molecule has 1 heterocycles. The van der Waals surface area contributed by atoms with Gasteiger partial charge < -0.3 is 18.7 Å². The molecule has 4 nitrogen and oxygen atoms in total. The van der Waals surface area contributed by atoms with Gasteiger partial charge in [-0.2, -0.15) is 0 Å². The van der Waals surface area contributed by atoms with E-state index in [4.69, 9.17) is 14.2 Å². The molecule has 0 radical (unpaired) electrons. The fraction of sp³-hybridized carbons (Fsp3) is 0.429. The van der Waals surface area contributed by atoms with Crippen LogP contribution in [0.1, 0.15) is 22.7 Å². The maximum absolute atomic E-state index is 5.55. The molecule has 1 aliphatic heterocycles. The third-order valence-corrected chi connectivity index (χ3v) is 5.39. The molecule has 0 aromatic heterocycles. The third kappa shape index (κ3) is 3.45. The van der Waals surface area contributed by atoms with Crippen molar-refractivity contribution >= 4 is 0 Å². The lowest BCUT2D eigenvalue weighted by Gasteiger charge is -2.43. The van der Waals surface area contributed by atoms with E-state index in [0.29, 0.717) is 6.04 Å². The maximum Gasteiger partial charge on any atom is 0.161 e. The van der Waals surface area contributed by atoms with Crippen molar-refractivity contribution in [1.29, 1.82) is 0 Å². The molecule has 0 amide bonds. The van der Waals surface area contributed by atoms with Crippen molar-refractivity contribution < 1.29 is 18.7 Å². The van der Waals surface area contributed by atoms with Crippen LogP contribution in [0.4, 0.5) is 0 Å². The minimum atomic E-state index is 0.386. The van der Waals surface area contributed by atoms with Gasteiger partial charge in [0.1, 0.15) is 11.8 Å². The lowest BCUT2D eigenvalue weighted by Crippen LogP contribution is -2.48. The summed E-state index contributed by atoms with van der Waals surface area (Å²) in [5, 5.41) is 0. The molecule has 25 heavy (non-hydrogen) atoms. The predicted molar refractivity (Wildman–Crippen MR) is 99.7 cm³/mol. The summed E-state index contributed by atoms with van der Waals surface area (Å²) in [4.78, 5) is 0. The van der Waals surface area contributed by atoms with Crippen LogP contribution >= 0.6 is 0 Å². The first-order chi connectivity index (χ1) is 12.0. The van der Waals surface area contributed by atoms with Crippen molar-refractivity contribution in [2.24, 2.45) is 0 Å². The van der Waals surface area contributed by atoms with Gasteiger partial charge in [0.15, 0.2) is 11.5 Å². The summed E-state index contributed by atoms with van der Waals surface area (Å²) in [5.74, 6) is 2.52. The zero-order valence-electron chi connectivity index (χ0n) is 15.8. The molecule has 0 spiro atoms. The average molecular weight is 342 g/mol. The van der Waals surface area contributed by atoms with E-state index in [-0.39, 0.29) is 0 Å². The standard InChI is InChI=1S/C21H28NO3/c1-22(2)11-10-16-13-20(24-4)21(25-5)14-18(16)19(22)12-15-6-8-17(23-3)9-7-15/h6-9,13-14,19H,10-12H2,1-5H3/q+1. The molecule has 0 aliphatic carbocycles. The summed E-state index contributed by atoms with van der Waals surface area (Å²) in [6.45, 7) is 1.11. The summed E-state index contributed by atoms with van der Waals surface area (Å²) in [7, 11) is 9.72. The van der Waals surface area contributed by atoms with Crippen molar-refractivity contribution in [2.45, 2.75) is 18.9 Å². The molecule has 2 aromatic carbocycles. The zero-order chi connectivity index (χ0) is 18.0. The van der Waals surface area contributed by atoms with E-state index < -0.39 is 0 Å². The molecule has 2 aromatic rings. The third-order valence-electron chi connectivity index (χ3n) is 5.39. The topological polar surface area (TPSA) is 27.7 Å². The van der Waals surface area contributed by atoms with Crippen molar-refractivity contribution in [3.05, 3.63) is 53.1 Å². The zero-order valence-corrected chi connectivity index (χ0v) is 15.8. The number of nitrogens with zero attached hydrogens (tertiary/aromatic N) is 1. The first kappa shape index (κ1) is 17.6. The van der Waals surface area contributed by atoms with Crippen LogP contribution in [0, 0.1) is 0 Å². The van der Waals surface area contributed by atoms with Crippen molar-refractivity contribution in [1.82, 2.24) is 0 Å². The van der Waals surface area contributed by atoms with E-state index in [1.807, 2.05) is 12.1 Å². The Kier molecular flexibility index (Phi) is 4.91. The average Bonchev–Trinajstić information content (AvgIpc) is 2.63. The smallest absolute Gasteiger partial charge is 0.161 e. The number of likely N-dealkylation sites (N-methyl/N-ethyl adjacent to an activating group) is 1. The number of quaternary nitrogens is 1. The second kappa shape index (κ2) is 6.96. The Morgan fingerprint density at radius 3 is 2.16 bits per heavy atom. The molecule has 1 unspecified atom stereocenters. The number of hydrogen-bond donors (Lipinski definition) is 0. The quantitative estimate of drug-likeness (QED) is 0.777. The summed E-state index contributed by atoms with van der Waals surface area (Å²) in [6, 6.07) is 13.1. The van der Waals surface area contributed by atoms with E-state index in [9.17, 15) is 0 Å². The molecule has 0 saturated carbocycles. The maximum atomic E-state index is 5.55. The Bertz CT molecular complexity index is 738. The Morgan fingerprint density at radius 2 is 1.56 bits per heavy atom. The molecular weight excluding hydrogens is 314 g/mol. The number of fused-ring (bicyclic) bond motifs is 1. The van der Waals surface area contributed by atoms with Crippen LogP contribution < -0.4 is 14.2 Å². The normalized spacial score (nSPS) is 18.4. The van der Waals surface area contributed by atoms with Gasteiger partial charge in [-0.3, -0.25) is 0 Å². The van der Waals surface area contributed by atoms with Crippen LogP contribution in [0.3, 0.4) is 0 Å². The van der Waals surface area contributed by atoms with Crippen molar-refractivity contribution in [2.75, 3.05) is 42.0 Å². The van der Waals surface area contributed by atoms with E-state index in [1.165, 1.54) is 16.7 Å². The highest BCUT2D eigenvalue weighted by molar-refractivity contribution is 5.49. The van der Waals surface area contributed by atoms with Gasteiger partial charge in [-0.25, -0.2) is 0 Å². The second-order valence-corrected chi connectivity index (χ2v) is 7.23. The molecule has 0 saturated heterocycles. The van der Waals surface area contributed by atoms with Crippen LogP contribution in [0.25, 0.3) is 0 Å². The number of methoxy groups -OCH3 is 3. The van der Waals surface area contributed by atoms with Crippen LogP contribution in [-0.2, 0) is 12.8 Å². The Labute approximate surface area is 150 Å². The van der Waals surface area contributed by atoms with Gasteiger partial charge in [0.2, 0.25) is 0 Å². The summed E-state index contributed by atoms with van der Waals surface area (Å²) >= 11 is 0. The Morgan fingerprint density at radius 1 is 0.920 bits per heavy atom. The number of hydrogen-bond acceptors (Lipinski definition) is 3. The van der Waals surface area contributed by atoms with Gasteiger partial charge >= 0.3 is 0 Å². The van der Waals surface area contributed by atoms with Gasteiger partial charge in [-0.15, -0.1) is 0 Å². The molecule has 0 fully saturated rings. The van der Waals surface area contributed by atoms with E-state index in [2.05, 4.69) is 38.4 Å². The number of ether oxygens (including phenoxy) is 3. The first-order valence-electron chi connectivity index (χ1n) is 8.69. The summed E-state index contributed by atoms with van der Waals surface area (Å²) in [6.07, 6.45) is 2.04. The van der Waals surface area contributed by atoms with Crippen molar-refractivity contribution in [3.8, 4) is 17.2 Å². The van der Waals surface area contributed by atoms with Gasteiger partial charge in [0.25, 0.3) is 0 Å². The molecule has 1 aliphatic rings. The van der Waals surface area contributed by atoms with Gasteiger partial charge in [0.05, 0.1) is 42.0 Å². The van der Waals surface area contributed by atoms with E-state index in [0.717, 1.165) is 41.1 Å². The van der Waals surface area contributed by atoms with Gasteiger partial charge in [0, 0.05) is 18.4 Å². The second-order valence-electron chi connectivity index (χ2n) is 7.23. The minimum Gasteiger partial charge on any atom is -0.497 e. The highest BCUT2D eigenvalue weighted by atomic mass is 16.5. The van der Waals surface area contributed by atoms with Crippen LogP contribution in [0.15, 0.2) is 36.4 Å². The van der Waals surface area contributed by atoms with Crippen molar-refractivity contribution in [3.63, 3.8) is 0 Å². The van der Waals surface area contributed by atoms with Crippen LogP contribution in [0.2, 0.25) is 0 Å². The van der Waals surface area contributed by atoms with E-state index in [1.54, 1.807) is 21.3 Å². The molecule has 4 heteroatoms. The van der Waals surface area contributed by atoms with Gasteiger partial charge in [-0.05, 0) is 35.4 Å². The van der Waals surface area contributed by atoms with Gasteiger partial charge in [-0.1, -0.05) is 12.1 Å². The molecule has 3 rings (SSSR count). The Balaban J connectivity index is 1.99. The lowest BCUT2D eigenvalue weighted by molar-refractivity contribution is -0.923. The number of rotatable bonds is 5. The van der Waals surface area contributed by atoms with E-state index >= 15 is 0 Å². The lowest BCUT2D eigenvalue weighted by atomic mass is 9.87. The molecule has 0 bridgehead atoms. The summed E-state index contributed by atoms with van der Waals surface area (Å²) in [5.41, 5.74) is 4.05. The SMILES string of the molecule is COc1ccc(CC2c3cc(OC)c(OC)cc3CC[N+]2(C)C)cc1. The predicted octanol–water partition coefficient (Wildman–Crippen LogP) is 3.63. The molecule has 1 atom stereocenters. The largest absolute Gasteiger partial charge is 0.497 e. The highest BCUT2D eigenvalue weighted by Crippen LogP contribution is 2.41. The fourth-order valence-electron chi connectivity index (χ4n) is 3.75. The molecule has 134 valence electrons. The molecular formula is C21H28NO3+. The highest BCUT2D eigenvalue weighted by Gasteiger charge is 2.36.